The SMILES string of the molecule is COc1ccc(-c2nc3c(cc2-c2ccc(Cl)cc2)C(CC(C)CC(O)CNC(=O)c2ccccc2O)CC(C)(C)O3)c(Cl)c1. The largest absolute Gasteiger partial charge is 0.507 e. The fourth-order valence-corrected chi connectivity index (χ4v) is 6.46. The fraction of sp³-hybridized carbons (Fsp3) is 0.333. The van der Waals surface area contributed by atoms with Gasteiger partial charge in [-0.2, -0.15) is 0 Å². The van der Waals surface area contributed by atoms with Crippen molar-refractivity contribution in [2.24, 2.45) is 5.92 Å². The van der Waals surface area contributed by atoms with Gasteiger partial charge in [-0.1, -0.05) is 54.4 Å². The molecule has 3 aromatic carbocycles. The predicted octanol–water partition coefficient (Wildman–Crippen LogP) is 8.29. The second-order valence-corrected chi connectivity index (χ2v) is 13.2. The van der Waals surface area contributed by atoms with Gasteiger partial charge in [0, 0.05) is 28.3 Å². The third kappa shape index (κ3) is 7.72. The molecule has 0 radical (unpaired) electrons. The summed E-state index contributed by atoms with van der Waals surface area (Å²) in [4.78, 5) is 17.6. The Labute approximate surface area is 274 Å². The molecule has 4 aromatic rings. The van der Waals surface area contributed by atoms with Crippen LogP contribution in [0.15, 0.2) is 72.8 Å². The number of carbonyl (C=O) groups excluding carboxylic acids is 1. The molecule has 0 fully saturated rings. The Morgan fingerprint density at radius 1 is 1.09 bits per heavy atom. The number of rotatable bonds is 10. The van der Waals surface area contributed by atoms with Gasteiger partial charge in [0.05, 0.1) is 29.5 Å². The van der Waals surface area contributed by atoms with Crippen molar-refractivity contribution in [3.63, 3.8) is 0 Å². The Bertz CT molecular complexity index is 1680. The van der Waals surface area contributed by atoms with Crippen LogP contribution in [-0.2, 0) is 0 Å². The van der Waals surface area contributed by atoms with Crippen LogP contribution in [0.1, 0.15) is 61.9 Å². The Hall–Kier alpha value is -3.78. The van der Waals surface area contributed by atoms with Gasteiger partial charge in [-0.3, -0.25) is 4.79 Å². The summed E-state index contributed by atoms with van der Waals surface area (Å²) in [5.74, 6) is 0.944. The molecule has 1 aromatic heterocycles. The van der Waals surface area contributed by atoms with Crippen LogP contribution in [0.4, 0.5) is 0 Å². The molecule has 2 heterocycles. The number of nitrogens with zero attached hydrogens (tertiary/aromatic N) is 1. The minimum atomic E-state index is -0.746. The molecule has 7 nitrogen and oxygen atoms in total. The highest BCUT2D eigenvalue weighted by Crippen LogP contribution is 2.47. The zero-order valence-corrected chi connectivity index (χ0v) is 27.3. The third-order valence-corrected chi connectivity index (χ3v) is 8.73. The van der Waals surface area contributed by atoms with Crippen LogP contribution in [0.5, 0.6) is 17.4 Å². The number of hydrogen-bond donors (Lipinski definition) is 3. The number of ether oxygens (including phenoxy) is 2. The van der Waals surface area contributed by atoms with E-state index in [-0.39, 0.29) is 29.7 Å². The lowest BCUT2D eigenvalue weighted by Gasteiger charge is -2.38. The lowest BCUT2D eigenvalue weighted by molar-refractivity contribution is 0.0594. The molecule has 3 N–H and O–H groups in total. The fourth-order valence-electron chi connectivity index (χ4n) is 6.07. The van der Waals surface area contributed by atoms with Crippen LogP contribution in [-0.4, -0.2) is 46.5 Å². The predicted molar refractivity (Wildman–Crippen MR) is 179 cm³/mol. The highest BCUT2D eigenvalue weighted by atomic mass is 35.5. The van der Waals surface area contributed by atoms with E-state index in [9.17, 15) is 15.0 Å². The van der Waals surface area contributed by atoms with E-state index in [0.29, 0.717) is 33.8 Å². The third-order valence-electron chi connectivity index (χ3n) is 8.16. The molecule has 0 saturated heterocycles. The van der Waals surface area contributed by atoms with Crippen LogP contribution < -0.4 is 14.8 Å². The number of benzene rings is 3. The second-order valence-electron chi connectivity index (χ2n) is 12.4. The first-order valence-electron chi connectivity index (χ1n) is 15.0. The molecule has 45 heavy (non-hydrogen) atoms. The topological polar surface area (TPSA) is 101 Å². The number of fused-ring (bicyclic) bond motifs is 1. The first kappa shape index (κ1) is 32.6. The van der Waals surface area contributed by atoms with E-state index >= 15 is 0 Å². The molecule has 9 heteroatoms. The molecule has 1 aliphatic heterocycles. The number of carbonyl (C=O) groups is 1. The van der Waals surface area contributed by atoms with E-state index in [1.165, 1.54) is 6.07 Å². The van der Waals surface area contributed by atoms with Crippen LogP contribution in [0.3, 0.4) is 0 Å². The monoisotopic (exact) mass is 648 g/mol. The Morgan fingerprint density at radius 3 is 2.51 bits per heavy atom. The number of aromatic hydroxyl groups is 1. The number of nitrogens with one attached hydrogen (secondary N) is 1. The number of halogens is 2. The summed E-state index contributed by atoms with van der Waals surface area (Å²) in [6.45, 7) is 6.31. The van der Waals surface area contributed by atoms with Gasteiger partial charge in [0.2, 0.25) is 5.88 Å². The molecule has 0 bridgehead atoms. The van der Waals surface area contributed by atoms with Gasteiger partial charge >= 0.3 is 0 Å². The van der Waals surface area contributed by atoms with Crippen molar-refractivity contribution in [3.8, 4) is 39.8 Å². The number of methoxy groups -OCH3 is 1. The van der Waals surface area contributed by atoms with Crippen molar-refractivity contribution in [1.29, 1.82) is 0 Å². The molecule has 1 amide bonds. The maximum atomic E-state index is 12.5. The number of pyridine rings is 1. The van der Waals surface area contributed by atoms with Gasteiger partial charge in [0.15, 0.2) is 0 Å². The lowest BCUT2D eigenvalue weighted by Crippen LogP contribution is -2.36. The van der Waals surface area contributed by atoms with Crippen LogP contribution in [0, 0.1) is 5.92 Å². The number of phenolic OH excluding ortho intramolecular Hbond substituents is 1. The molecule has 0 saturated carbocycles. The first-order chi connectivity index (χ1) is 21.4. The second kappa shape index (κ2) is 13.7. The maximum Gasteiger partial charge on any atom is 0.255 e. The number of phenols is 1. The standard InChI is InChI=1S/C36H38Cl2N2O5/c1-21(16-25(41)20-39-34(43)28-7-5-6-8-32(28)42)15-23-19-36(2,3)45-35-30(23)18-29(22-9-11-24(37)12-10-22)33(40-35)27-14-13-26(44-4)17-31(27)38/h5-14,17-18,21,23,25,41-42H,15-16,19-20H2,1-4H3,(H,39,43). The van der Waals surface area contributed by atoms with Crippen molar-refractivity contribution in [1.82, 2.24) is 10.3 Å². The highest BCUT2D eigenvalue weighted by Gasteiger charge is 2.37. The summed E-state index contributed by atoms with van der Waals surface area (Å²) in [5, 5.41) is 24.7. The summed E-state index contributed by atoms with van der Waals surface area (Å²) in [6.07, 6.45) is 1.30. The summed E-state index contributed by atoms with van der Waals surface area (Å²) < 4.78 is 11.8. The van der Waals surface area contributed by atoms with Crippen molar-refractivity contribution in [2.75, 3.05) is 13.7 Å². The number of hydrogen-bond acceptors (Lipinski definition) is 6. The summed E-state index contributed by atoms with van der Waals surface area (Å²) in [6, 6.07) is 21.7. The maximum absolute atomic E-state index is 12.5. The zero-order chi connectivity index (χ0) is 32.3. The molecule has 236 valence electrons. The molecule has 5 rings (SSSR count). The Kier molecular flexibility index (Phi) is 9.92. The molecular weight excluding hydrogens is 611 g/mol. The van der Waals surface area contributed by atoms with E-state index < -0.39 is 17.6 Å². The number of aliphatic hydroxyl groups excluding tert-OH is 1. The smallest absolute Gasteiger partial charge is 0.255 e. The minimum absolute atomic E-state index is 0.0849. The minimum Gasteiger partial charge on any atom is -0.507 e. The molecule has 1 aliphatic rings. The number of aromatic nitrogens is 1. The number of para-hydroxylation sites is 1. The van der Waals surface area contributed by atoms with Crippen molar-refractivity contribution < 1.29 is 24.5 Å². The summed E-state index contributed by atoms with van der Waals surface area (Å²) in [5.41, 5.74) is 4.03. The van der Waals surface area contributed by atoms with Crippen LogP contribution >= 0.6 is 23.2 Å². The zero-order valence-electron chi connectivity index (χ0n) is 25.8. The van der Waals surface area contributed by atoms with Crippen molar-refractivity contribution >= 4 is 29.1 Å². The van der Waals surface area contributed by atoms with Gasteiger partial charge < -0.3 is 25.0 Å². The lowest BCUT2D eigenvalue weighted by atomic mass is 9.78. The molecule has 3 unspecified atom stereocenters. The van der Waals surface area contributed by atoms with Crippen LogP contribution in [0.2, 0.25) is 10.0 Å². The van der Waals surface area contributed by atoms with Crippen LogP contribution in [0.25, 0.3) is 22.4 Å². The normalized spacial score (nSPS) is 16.6. The Balaban J connectivity index is 1.41. The van der Waals surface area contributed by atoms with Gasteiger partial charge in [-0.25, -0.2) is 4.98 Å². The van der Waals surface area contributed by atoms with Crippen molar-refractivity contribution in [2.45, 2.75) is 57.7 Å². The molecule has 0 aliphatic carbocycles. The average molecular weight is 650 g/mol. The average Bonchev–Trinajstić information content (AvgIpc) is 2.99. The van der Waals surface area contributed by atoms with E-state index in [1.807, 2.05) is 36.4 Å². The van der Waals surface area contributed by atoms with Gasteiger partial charge in [0.25, 0.3) is 5.91 Å². The van der Waals surface area contributed by atoms with Gasteiger partial charge in [-0.15, -0.1) is 0 Å². The van der Waals surface area contributed by atoms with Crippen molar-refractivity contribution in [3.05, 3.63) is 94.0 Å². The van der Waals surface area contributed by atoms with Gasteiger partial charge in [0.1, 0.15) is 17.1 Å². The Morgan fingerprint density at radius 2 is 1.82 bits per heavy atom. The van der Waals surface area contributed by atoms with E-state index in [0.717, 1.165) is 35.1 Å². The van der Waals surface area contributed by atoms with E-state index in [4.69, 9.17) is 37.7 Å². The van der Waals surface area contributed by atoms with E-state index in [1.54, 1.807) is 31.4 Å². The quantitative estimate of drug-likeness (QED) is 0.160. The van der Waals surface area contributed by atoms with Gasteiger partial charge in [-0.05, 0) is 99.0 Å². The molecule has 0 spiro atoms. The molecular formula is C36H38Cl2N2O5. The summed E-state index contributed by atoms with van der Waals surface area (Å²) in [7, 11) is 1.60. The number of amides is 1. The molecule has 3 atom stereocenters. The highest BCUT2D eigenvalue weighted by molar-refractivity contribution is 6.33. The summed E-state index contributed by atoms with van der Waals surface area (Å²) >= 11 is 13.0. The first-order valence-corrected chi connectivity index (χ1v) is 15.8. The number of aliphatic hydroxyl groups is 1. The van der Waals surface area contributed by atoms with E-state index in [2.05, 4.69) is 32.2 Å².